The first-order chi connectivity index (χ1) is 8.95. The summed E-state index contributed by atoms with van der Waals surface area (Å²) >= 11 is 13.2. The molecule has 0 radical (unpaired) electrons. The Balaban J connectivity index is 2.22. The van der Waals surface area contributed by atoms with E-state index in [1.165, 1.54) is 0 Å². The van der Waals surface area contributed by atoms with E-state index in [0.29, 0.717) is 0 Å². The quantitative estimate of drug-likeness (QED) is 0.728. The molecule has 0 saturated heterocycles. The first-order valence-electron chi connectivity index (χ1n) is 5.92. The zero-order valence-electron chi connectivity index (χ0n) is 10.5. The molecule has 0 bridgehead atoms. The Morgan fingerprint density at radius 2 is 1.74 bits per heavy atom. The van der Waals surface area contributed by atoms with Crippen LogP contribution in [0.15, 0.2) is 45.3 Å². The molecule has 0 aliphatic rings. The molecule has 0 saturated carbocycles. The molecule has 19 heavy (non-hydrogen) atoms. The van der Waals surface area contributed by atoms with Crippen LogP contribution >= 0.6 is 43.5 Å². The lowest BCUT2D eigenvalue weighted by atomic mass is 9.99. The normalized spacial score (nSPS) is 12.5. The molecule has 100 valence electrons. The lowest BCUT2D eigenvalue weighted by Gasteiger charge is -2.14. The highest BCUT2D eigenvalue weighted by Gasteiger charge is 2.11. The highest BCUT2D eigenvalue weighted by atomic mass is 79.9. The lowest BCUT2D eigenvalue weighted by Crippen LogP contribution is -2.13. The minimum absolute atomic E-state index is 0.0750. The van der Waals surface area contributed by atoms with Gasteiger partial charge in [0.15, 0.2) is 0 Å². The van der Waals surface area contributed by atoms with Crippen molar-refractivity contribution in [2.24, 2.45) is 5.73 Å². The van der Waals surface area contributed by atoms with E-state index in [1.807, 2.05) is 37.3 Å². The molecule has 1 atom stereocenters. The Bertz CT molecular complexity index is 578. The summed E-state index contributed by atoms with van der Waals surface area (Å²) < 4.78 is 2.03. The molecular weight excluding hydrogens is 389 g/mol. The maximum atomic E-state index is 6.27. The second kappa shape index (κ2) is 6.40. The van der Waals surface area contributed by atoms with Gasteiger partial charge in [-0.3, -0.25) is 0 Å². The van der Waals surface area contributed by atoms with Gasteiger partial charge in [-0.15, -0.1) is 0 Å². The van der Waals surface area contributed by atoms with Gasteiger partial charge in [0.2, 0.25) is 0 Å². The number of nitrogens with two attached hydrogens (primary N) is 1. The van der Waals surface area contributed by atoms with E-state index in [-0.39, 0.29) is 6.04 Å². The zero-order valence-corrected chi connectivity index (χ0v) is 14.4. The number of halogens is 3. The van der Waals surface area contributed by atoms with Crippen LogP contribution in [0.3, 0.4) is 0 Å². The van der Waals surface area contributed by atoms with Crippen molar-refractivity contribution < 1.29 is 0 Å². The van der Waals surface area contributed by atoms with Gasteiger partial charge in [-0.05, 0) is 54.3 Å². The summed E-state index contributed by atoms with van der Waals surface area (Å²) in [4.78, 5) is 0. The second-order valence-corrected chi connectivity index (χ2v) is 6.85. The van der Waals surface area contributed by atoms with Gasteiger partial charge in [0, 0.05) is 20.0 Å². The van der Waals surface area contributed by atoms with Crippen molar-refractivity contribution in [3.63, 3.8) is 0 Å². The van der Waals surface area contributed by atoms with E-state index in [4.69, 9.17) is 17.3 Å². The Labute approximate surface area is 135 Å². The van der Waals surface area contributed by atoms with Crippen LogP contribution in [0.25, 0.3) is 0 Å². The van der Waals surface area contributed by atoms with E-state index >= 15 is 0 Å². The molecule has 0 amide bonds. The molecule has 2 rings (SSSR count). The molecule has 1 nitrogen and oxygen atoms in total. The molecule has 4 heteroatoms. The van der Waals surface area contributed by atoms with Crippen LogP contribution < -0.4 is 5.73 Å². The molecule has 1 unspecified atom stereocenters. The Morgan fingerprint density at radius 3 is 2.32 bits per heavy atom. The number of hydrogen-bond donors (Lipinski definition) is 1. The standard InChI is InChI=1S/C15H14Br2ClN/c1-9-2-3-10(14(18)4-9)7-15(19)11-5-12(16)8-13(17)6-11/h2-6,8,15H,7,19H2,1H3. The molecule has 0 heterocycles. The fraction of sp³-hybridized carbons (Fsp3) is 0.200. The van der Waals surface area contributed by atoms with Crippen LogP contribution in [0.1, 0.15) is 22.7 Å². The highest BCUT2D eigenvalue weighted by molar-refractivity contribution is 9.11. The second-order valence-electron chi connectivity index (χ2n) is 4.61. The van der Waals surface area contributed by atoms with Crippen LogP contribution in [-0.4, -0.2) is 0 Å². The Kier molecular flexibility index (Phi) is 5.07. The van der Waals surface area contributed by atoms with Crippen molar-refractivity contribution in [3.8, 4) is 0 Å². The van der Waals surface area contributed by atoms with Crippen LogP contribution in [-0.2, 0) is 6.42 Å². The van der Waals surface area contributed by atoms with Crippen LogP contribution in [0.4, 0.5) is 0 Å². The molecule has 0 fully saturated rings. The maximum Gasteiger partial charge on any atom is 0.0441 e. The monoisotopic (exact) mass is 401 g/mol. The molecule has 2 aromatic rings. The van der Waals surface area contributed by atoms with E-state index in [9.17, 15) is 0 Å². The Morgan fingerprint density at radius 1 is 1.11 bits per heavy atom. The van der Waals surface area contributed by atoms with E-state index in [2.05, 4.69) is 37.9 Å². The predicted octanol–water partition coefficient (Wildman–Crippen LogP) is 5.42. The van der Waals surface area contributed by atoms with Gasteiger partial charge in [0.05, 0.1) is 0 Å². The average Bonchev–Trinajstić information content (AvgIpc) is 2.31. The fourth-order valence-electron chi connectivity index (χ4n) is 1.96. The SMILES string of the molecule is Cc1ccc(CC(N)c2cc(Br)cc(Br)c2)c(Cl)c1. The summed E-state index contributed by atoms with van der Waals surface area (Å²) in [5.41, 5.74) is 9.59. The number of rotatable bonds is 3. The summed E-state index contributed by atoms with van der Waals surface area (Å²) in [6.45, 7) is 2.03. The summed E-state index contributed by atoms with van der Waals surface area (Å²) in [7, 11) is 0. The van der Waals surface area contributed by atoms with Crippen LogP contribution in [0.5, 0.6) is 0 Å². The van der Waals surface area contributed by atoms with Crippen molar-refractivity contribution in [1.82, 2.24) is 0 Å². The van der Waals surface area contributed by atoms with Crippen molar-refractivity contribution in [2.75, 3.05) is 0 Å². The van der Waals surface area contributed by atoms with Crippen LogP contribution in [0, 0.1) is 6.92 Å². The van der Waals surface area contributed by atoms with Gasteiger partial charge in [0.25, 0.3) is 0 Å². The molecule has 2 aromatic carbocycles. The molecule has 2 N–H and O–H groups in total. The van der Waals surface area contributed by atoms with E-state index in [1.54, 1.807) is 0 Å². The summed E-state index contributed by atoms with van der Waals surface area (Å²) in [6, 6.07) is 12.1. The van der Waals surface area contributed by atoms with Crippen LogP contribution in [0.2, 0.25) is 5.02 Å². The summed E-state index contributed by atoms with van der Waals surface area (Å²) in [5, 5.41) is 0.782. The van der Waals surface area contributed by atoms with Crippen molar-refractivity contribution in [1.29, 1.82) is 0 Å². The molecule has 0 aliphatic heterocycles. The van der Waals surface area contributed by atoms with E-state index in [0.717, 1.165) is 37.1 Å². The minimum Gasteiger partial charge on any atom is -0.324 e. The molecule has 0 spiro atoms. The summed E-state index contributed by atoms with van der Waals surface area (Å²) in [6.07, 6.45) is 0.724. The van der Waals surface area contributed by atoms with Gasteiger partial charge in [-0.25, -0.2) is 0 Å². The smallest absolute Gasteiger partial charge is 0.0441 e. The minimum atomic E-state index is -0.0750. The first kappa shape index (κ1) is 15.0. The first-order valence-corrected chi connectivity index (χ1v) is 7.88. The maximum absolute atomic E-state index is 6.27. The zero-order chi connectivity index (χ0) is 14.0. The average molecular weight is 404 g/mol. The van der Waals surface area contributed by atoms with E-state index < -0.39 is 0 Å². The van der Waals surface area contributed by atoms with Crippen molar-refractivity contribution in [2.45, 2.75) is 19.4 Å². The molecule has 0 aliphatic carbocycles. The van der Waals surface area contributed by atoms with Gasteiger partial charge in [-0.2, -0.15) is 0 Å². The number of hydrogen-bond acceptors (Lipinski definition) is 1. The Hall–Kier alpha value is -0.350. The largest absolute Gasteiger partial charge is 0.324 e. The predicted molar refractivity (Wildman–Crippen MR) is 88.7 cm³/mol. The van der Waals surface area contributed by atoms with Gasteiger partial charge >= 0.3 is 0 Å². The highest BCUT2D eigenvalue weighted by Crippen LogP contribution is 2.27. The fourth-order valence-corrected chi connectivity index (χ4v) is 3.60. The lowest BCUT2D eigenvalue weighted by molar-refractivity contribution is 0.721. The van der Waals surface area contributed by atoms with Gasteiger partial charge in [-0.1, -0.05) is 55.6 Å². The third-order valence-corrected chi connectivity index (χ3v) is 4.23. The van der Waals surface area contributed by atoms with Gasteiger partial charge < -0.3 is 5.73 Å². The molecular formula is C15H14Br2ClN. The number of benzene rings is 2. The third-order valence-electron chi connectivity index (χ3n) is 2.96. The third kappa shape index (κ3) is 4.06. The van der Waals surface area contributed by atoms with Crippen molar-refractivity contribution in [3.05, 3.63) is 67.1 Å². The summed E-state index contributed by atoms with van der Waals surface area (Å²) in [5.74, 6) is 0. The molecule has 0 aromatic heterocycles. The topological polar surface area (TPSA) is 26.0 Å². The van der Waals surface area contributed by atoms with Gasteiger partial charge in [0.1, 0.15) is 0 Å². The number of aryl methyl sites for hydroxylation is 1. The van der Waals surface area contributed by atoms with Crippen molar-refractivity contribution >= 4 is 43.5 Å².